The highest BCUT2D eigenvalue weighted by atomic mass is 32.2. The lowest BCUT2D eigenvalue weighted by atomic mass is 9.92. The van der Waals surface area contributed by atoms with Gasteiger partial charge in [-0.05, 0) is 37.6 Å². The molecule has 0 saturated heterocycles. The van der Waals surface area contributed by atoms with Gasteiger partial charge in [0.2, 0.25) is 0 Å². The van der Waals surface area contributed by atoms with Crippen molar-refractivity contribution in [3.63, 3.8) is 0 Å². The fourth-order valence-corrected chi connectivity index (χ4v) is 4.63. The molecule has 4 aromatic rings. The van der Waals surface area contributed by atoms with Crippen LogP contribution in [-0.2, 0) is 10.0 Å². The lowest BCUT2D eigenvalue weighted by molar-refractivity contribution is 0.103. The first kappa shape index (κ1) is 21.5. The number of rotatable bonds is 6. The van der Waals surface area contributed by atoms with Crippen molar-refractivity contribution >= 4 is 21.5 Å². The van der Waals surface area contributed by atoms with E-state index < -0.39 is 10.0 Å². The second-order valence-electron chi connectivity index (χ2n) is 7.71. The van der Waals surface area contributed by atoms with E-state index in [2.05, 4.69) is 4.72 Å². The highest BCUT2D eigenvalue weighted by Gasteiger charge is 2.20. The van der Waals surface area contributed by atoms with Gasteiger partial charge in [0.1, 0.15) is 0 Å². The summed E-state index contributed by atoms with van der Waals surface area (Å²) in [6, 6.07) is 28.5. The Morgan fingerprint density at radius 1 is 0.688 bits per heavy atom. The molecule has 0 fully saturated rings. The fraction of sp³-hybridized carbons (Fsp3) is 0.0741. The third-order valence-corrected chi connectivity index (χ3v) is 6.63. The number of aryl methyl sites for hydroxylation is 2. The molecule has 1 N–H and O–H groups in total. The van der Waals surface area contributed by atoms with Gasteiger partial charge >= 0.3 is 0 Å². The van der Waals surface area contributed by atoms with Crippen LogP contribution in [-0.4, -0.2) is 14.2 Å². The van der Waals surface area contributed by atoms with Crippen LogP contribution in [0, 0.1) is 13.8 Å². The Bertz CT molecular complexity index is 1380. The van der Waals surface area contributed by atoms with Crippen molar-refractivity contribution in [3.05, 3.63) is 119 Å². The van der Waals surface area contributed by atoms with Crippen molar-refractivity contribution in [2.45, 2.75) is 18.7 Å². The van der Waals surface area contributed by atoms with Crippen LogP contribution >= 0.6 is 0 Å². The lowest BCUT2D eigenvalue weighted by Crippen LogP contribution is -2.14. The number of carbonyl (C=O) groups excluding carboxylic acids is 1. The van der Waals surface area contributed by atoms with E-state index in [9.17, 15) is 13.2 Å². The van der Waals surface area contributed by atoms with Crippen molar-refractivity contribution in [1.29, 1.82) is 0 Å². The lowest BCUT2D eigenvalue weighted by Gasteiger charge is -2.16. The maximum absolute atomic E-state index is 13.3. The Morgan fingerprint density at radius 2 is 1.31 bits per heavy atom. The molecule has 4 rings (SSSR count). The summed E-state index contributed by atoms with van der Waals surface area (Å²) in [6.07, 6.45) is 0. The van der Waals surface area contributed by atoms with Crippen molar-refractivity contribution < 1.29 is 13.2 Å². The zero-order chi connectivity index (χ0) is 22.7. The standard InChI is InChI=1S/C27H23NO3S/c1-19-12-15-22(16-13-19)32(30,31)28-26-11-7-6-10-23(26)25-18-20(2)14-17-24(25)27(29)21-8-4-3-5-9-21/h3-18,28H,1-2H3. The van der Waals surface area contributed by atoms with Gasteiger partial charge in [-0.25, -0.2) is 8.42 Å². The predicted octanol–water partition coefficient (Wildman–Crippen LogP) is 6.00. The molecule has 0 radical (unpaired) electrons. The van der Waals surface area contributed by atoms with Gasteiger partial charge in [0.25, 0.3) is 10.0 Å². The number of anilines is 1. The topological polar surface area (TPSA) is 63.2 Å². The van der Waals surface area contributed by atoms with Gasteiger partial charge in [0.15, 0.2) is 5.78 Å². The molecule has 0 spiro atoms. The highest BCUT2D eigenvalue weighted by molar-refractivity contribution is 7.92. The Labute approximate surface area is 188 Å². The number of hydrogen-bond acceptors (Lipinski definition) is 3. The minimum absolute atomic E-state index is 0.114. The van der Waals surface area contributed by atoms with Crippen molar-refractivity contribution in [2.24, 2.45) is 0 Å². The van der Waals surface area contributed by atoms with Crippen molar-refractivity contribution in [3.8, 4) is 11.1 Å². The van der Waals surface area contributed by atoms with Gasteiger partial charge in [-0.3, -0.25) is 9.52 Å². The Balaban J connectivity index is 1.80. The molecule has 0 atom stereocenters. The number of hydrogen-bond donors (Lipinski definition) is 1. The molecule has 0 bridgehead atoms. The molecule has 0 saturated carbocycles. The summed E-state index contributed by atoms with van der Waals surface area (Å²) in [6.45, 7) is 3.85. The van der Waals surface area contributed by atoms with E-state index in [1.54, 1.807) is 54.6 Å². The van der Waals surface area contributed by atoms with E-state index in [0.717, 1.165) is 11.1 Å². The van der Waals surface area contributed by atoms with Crippen LogP contribution < -0.4 is 4.72 Å². The summed E-state index contributed by atoms with van der Waals surface area (Å²) in [5.74, 6) is -0.114. The molecule has 0 aliphatic heterocycles. The molecule has 5 heteroatoms. The molecule has 0 amide bonds. The molecular formula is C27H23NO3S. The maximum Gasteiger partial charge on any atom is 0.261 e. The van der Waals surface area contributed by atoms with Gasteiger partial charge in [-0.1, -0.05) is 90.0 Å². The van der Waals surface area contributed by atoms with E-state index in [1.165, 1.54) is 0 Å². The molecule has 0 unspecified atom stereocenters. The average molecular weight is 442 g/mol. The van der Waals surface area contributed by atoms with Crippen LogP contribution in [0.2, 0.25) is 0 Å². The number of nitrogens with one attached hydrogen (secondary N) is 1. The summed E-state index contributed by atoms with van der Waals surface area (Å²) in [5, 5.41) is 0. The molecule has 4 nitrogen and oxygen atoms in total. The van der Waals surface area contributed by atoms with Gasteiger partial charge in [0, 0.05) is 16.7 Å². The third-order valence-electron chi connectivity index (χ3n) is 5.25. The van der Waals surface area contributed by atoms with Gasteiger partial charge in [-0.2, -0.15) is 0 Å². The van der Waals surface area contributed by atoms with Crippen molar-refractivity contribution in [2.75, 3.05) is 4.72 Å². The predicted molar refractivity (Wildman–Crippen MR) is 128 cm³/mol. The SMILES string of the molecule is Cc1ccc(S(=O)(=O)Nc2ccccc2-c2cc(C)ccc2C(=O)c2ccccc2)cc1. The number of sulfonamides is 1. The second kappa shape index (κ2) is 8.81. The van der Waals surface area contributed by atoms with Crippen LogP contribution in [0.3, 0.4) is 0 Å². The minimum atomic E-state index is -3.79. The Hall–Kier alpha value is -3.70. The highest BCUT2D eigenvalue weighted by Crippen LogP contribution is 2.34. The summed E-state index contributed by atoms with van der Waals surface area (Å²) < 4.78 is 28.8. The Morgan fingerprint density at radius 3 is 2.03 bits per heavy atom. The second-order valence-corrected chi connectivity index (χ2v) is 9.39. The molecule has 160 valence electrons. The molecular weight excluding hydrogens is 418 g/mol. The van der Waals surface area contributed by atoms with E-state index in [1.807, 2.05) is 56.3 Å². The van der Waals surface area contributed by atoms with Crippen LogP contribution in [0.15, 0.2) is 102 Å². The van der Waals surface area contributed by atoms with Crippen LogP contribution in [0.5, 0.6) is 0 Å². The Kier molecular flexibility index (Phi) is 5.93. The zero-order valence-electron chi connectivity index (χ0n) is 17.9. The number of carbonyl (C=O) groups is 1. The van der Waals surface area contributed by atoms with Gasteiger partial charge < -0.3 is 0 Å². The van der Waals surface area contributed by atoms with E-state index >= 15 is 0 Å². The first-order valence-corrected chi connectivity index (χ1v) is 11.7. The molecule has 0 aromatic heterocycles. The molecule has 32 heavy (non-hydrogen) atoms. The largest absolute Gasteiger partial charge is 0.289 e. The van der Waals surface area contributed by atoms with Gasteiger partial charge in [-0.15, -0.1) is 0 Å². The van der Waals surface area contributed by atoms with Crippen LogP contribution in [0.4, 0.5) is 5.69 Å². The van der Waals surface area contributed by atoms with Crippen molar-refractivity contribution in [1.82, 2.24) is 0 Å². The first-order chi connectivity index (χ1) is 15.3. The quantitative estimate of drug-likeness (QED) is 0.373. The number of para-hydroxylation sites is 1. The third kappa shape index (κ3) is 4.48. The van der Waals surface area contributed by atoms with Crippen LogP contribution in [0.1, 0.15) is 27.0 Å². The number of benzene rings is 4. The van der Waals surface area contributed by atoms with E-state index in [-0.39, 0.29) is 10.7 Å². The smallest absolute Gasteiger partial charge is 0.261 e. The molecule has 4 aromatic carbocycles. The van der Waals surface area contributed by atoms with E-state index in [0.29, 0.717) is 27.9 Å². The van der Waals surface area contributed by atoms with E-state index in [4.69, 9.17) is 0 Å². The average Bonchev–Trinajstić information content (AvgIpc) is 2.79. The fourth-order valence-electron chi connectivity index (χ4n) is 3.55. The van der Waals surface area contributed by atoms with Gasteiger partial charge in [0.05, 0.1) is 10.6 Å². The molecule has 0 aliphatic rings. The normalized spacial score (nSPS) is 11.2. The van der Waals surface area contributed by atoms with Crippen LogP contribution in [0.25, 0.3) is 11.1 Å². The zero-order valence-corrected chi connectivity index (χ0v) is 18.7. The summed E-state index contributed by atoms with van der Waals surface area (Å²) in [5.41, 5.74) is 4.79. The number of ketones is 1. The summed E-state index contributed by atoms with van der Waals surface area (Å²) in [7, 11) is -3.79. The monoisotopic (exact) mass is 441 g/mol. The molecule has 0 aliphatic carbocycles. The maximum atomic E-state index is 13.3. The summed E-state index contributed by atoms with van der Waals surface area (Å²) in [4.78, 5) is 13.4. The molecule has 0 heterocycles. The first-order valence-electron chi connectivity index (χ1n) is 10.2. The summed E-state index contributed by atoms with van der Waals surface area (Å²) >= 11 is 0. The minimum Gasteiger partial charge on any atom is -0.289 e.